The van der Waals surface area contributed by atoms with E-state index in [0.29, 0.717) is 32.7 Å². The summed E-state index contributed by atoms with van der Waals surface area (Å²) in [6.45, 7) is 1.95. The van der Waals surface area contributed by atoms with E-state index in [-0.39, 0.29) is 23.0 Å². The first kappa shape index (κ1) is 22.2. The zero-order valence-corrected chi connectivity index (χ0v) is 17.1. The van der Waals surface area contributed by atoms with E-state index in [0.717, 1.165) is 17.8 Å². The van der Waals surface area contributed by atoms with Crippen LogP contribution in [-0.4, -0.2) is 55.7 Å². The van der Waals surface area contributed by atoms with Crippen molar-refractivity contribution in [3.8, 4) is 0 Å². The van der Waals surface area contributed by atoms with E-state index < -0.39 is 11.7 Å². The zero-order valence-electron chi connectivity index (χ0n) is 16.3. The van der Waals surface area contributed by atoms with Gasteiger partial charge >= 0.3 is 12.2 Å². The van der Waals surface area contributed by atoms with E-state index in [2.05, 4.69) is 10.3 Å². The number of pyridine rings is 1. The Labute approximate surface area is 177 Å². The Morgan fingerprint density at radius 1 is 1.23 bits per heavy atom. The zero-order chi connectivity index (χ0) is 21.7. The number of methoxy groups -OCH3 is 1. The first-order chi connectivity index (χ1) is 14.3. The molecule has 1 N–H and O–H groups in total. The SMILES string of the molecule is COC(CNC(=O)N1CCN(c2ncc(C(F)(F)F)cc2Cl)CC1)c1ccccc1. The number of nitrogens with one attached hydrogen (secondary N) is 1. The van der Waals surface area contributed by atoms with Gasteiger partial charge in [-0.25, -0.2) is 9.78 Å². The molecule has 1 fully saturated rings. The van der Waals surface area contributed by atoms with Gasteiger partial charge in [0, 0.05) is 46.0 Å². The molecular weight excluding hydrogens is 421 g/mol. The number of ether oxygens (including phenoxy) is 1. The average molecular weight is 443 g/mol. The minimum absolute atomic E-state index is 0.0616. The molecular formula is C20H22ClF3N4O2. The van der Waals surface area contributed by atoms with Gasteiger partial charge in [-0.1, -0.05) is 41.9 Å². The molecule has 3 rings (SSSR count). The maximum Gasteiger partial charge on any atom is 0.417 e. The van der Waals surface area contributed by atoms with Gasteiger partial charge in [0.2, 0.25) is 0 Å². The van der Waals surface area contributed by atoms with Crippen molar-refractivity contribution in [1.29, 1.82) is 0 Å². The number of piperazine rings is 1. The maximum absolute atomic E-state index is 12.8. The summed E-state index contributed by atoms with van der Waals surface area (Å²) in [6.07, 6.45) is -3.98. The number of alkyl halides is 3. The average Bonchev–Trinajstić information content (AvgIpc) is 2.74. The number of rotatable bonds is 5. The molecule has 2 amide bonds. The summed E-state index contributed by atoms with van der Waals surface area (Å²) in [5.74, 6) is 0.285. The first-order valence-corrected chi connectivity index (χ1v) is 9.75. The van der Waals surface area contributed by atoms with Crippen molar-refractivity contribution in [1.82, 2.24) is 15.2 Å². The van der Waals surface area contributed by atoms with Crippen molar-refractivity contribution >= 4 is 23.4 Å². The third-order valence-electron chi connectivity index (χ3n) is 4.91. The quantitative estimate of drug-likeness (QED) is 0.761. The van der Waals surface area contributed by atoms with Gasteiger partial charge in [0.05, 0.1) is 16.7 Å². The van der Waals surface area contributed by atoms with Crippen molar-refractivity contribution in [3.05, 3.63) is 58.7 Å². The number of aromatic nitrogens is 1. The van der Waals surface area contributed by atoms with Gasteiger partial charge in [0.25, 0.3) is 0 Å². The van der Waals surface area contributed by atoms with E-state index >= 15 is 0 Å². The number of halogens is 4. The predicted octanol–water partition coefficient (Wildman–Crippen LogP) is 3.97. The number of nitrogens with zero attached hydrogens (tertiary/aromatic N) is 3. The molecule has 0 saturated carbocycles. The summed E-state index contributed by atoms with van der Waals surface area (Å²) in [5.41, 5.74) is 0.0773. The monoisotopic (exact) mass is 442 g/mol. The Hall–Kier alpha value is -2.52. The van der Waals surface area contributed by atoms with Crippen LogP contribution in [0.3, 0.4) is 0 Å². The Morgan fingerprint density at radius 3 is 2.47 bits per heavy atom. The fourth-order valence-electron chi connectivity index (χ4n) is 3.24. The second kappa shape index (κ2) is 9.53. The molecule has 0 spiro atoms. The third-order valence-corrected chi connectivity index (χ3v) is 5.19. The lowest BCUT2D eigenvalue weighted by molar-refractivity contribution is -0.137. The van der Waals surface area contributed by atoms with Gasteiger partial charge in [-0.2, -0.15) is 13.2 Å². The van der Waals surface area contributed by atoms with Crippen molar-refractivity contribution in [2.75, 3.05) is 44.7 Å². The largest absolute Gasteiger partial charge is 0.417 e. The summed E-state index contributed by atoms with van der Waals surface area (Å²) in [5, 5.41) is 2.81. The minimum atomic E-state index is -4.49. The van der Waals surface area contributed by atoms with Gasteiger partial charge in [0.15, 0.2) is 0 Å². The highest BCUT2D eigenvalue weighted by Gasteiger charge is 2.32. The van der Waals surface area contributed by atoms with E-state index in [1.54, 1.807) is 16.9 Å². The molecule has 162 valence electrons. The van der Waals surface area contributed by atoms with Crippen LogP contribution in [0.5, 0.6) is 0 Å². The van der Waals surface area contributed by atoms with Crippen LogP contribution in [-0.2, 0) is 10.9 Å². The van der Waals surface area contributed by atoms with Gasteiger partial charge in [-0.05, 0) is 11.6 Å². The number of urea groups is 1. The summed E-state index contributed by atoms with van der Waals surface area (Å²) in [6, 6.07) is 10.2. The second-order valence-corrected chi connectivity index (χ2v) is 7.23. The molecule has 6 nitrogen and oxygen atoms in total. The lowest BCUT2D eigenvalue weighted by atomic mass is 10.1. The van der Waals surface area contributed by atoms with Crippen molar-refractivity contribution < 1.29 is 22.7 Å². The second-order valence-electron chi connectivity index (χ2n) is 6.82. The highest BCUT2D eigenvalue weighted by atomic mass is 35.5. The van der Waals surface area contributed by atoms with Gasteiger partial charge in [0.1, 0.15) is 5.82 Å². The molecule has 2 aromatic rings. The van der Waals surface area contributed by atoms with E-state index in [9.17, 15) is 18.0 Å². The number of hydrogen-bond donors (Lipinski definition) is 1. The fraction of sp³-hybridized carbons (Fsp3) is 0.400. The van der Waals surface area contributed by atoms with Crippen molar-refractivity contribution in [2.45, 2.75) is 12.3 Å². The van der Waals surface area contributed by atoms with Gasteiger partial charge in [-0.3, -0.25) is 0 Å². The van der Waals surface area contributed by atoms with Crippen LogP contribution in [0, 0.1) is 0 Å². The highest BCUT2D eigenvalue weighted by molar-refractivity contribution is 6.33. The molecule has 0 aliphatic carbocycles. The molecule has 1 aliphatic rings. The van der Waals surface area contributed by atoms with Crippen LogP contribution < -0.4 is 10.2 Å². The number of anilines is 1. The third kappa shape index (κ3) is 5.34. The number of carbonyl (C=O) groups excluding carboxylic acids is 1. The van der Waals surface area contributed by atoms with E-state index in [1.165, 1.54) is 0 Å². The molecule has 1 aromatic carbocycles. The molecule has 1 aromatic heterocycles. The van der Waals surface area contributed by atoms with E-state index in [1.807, 2.05) is 30.3 Å². The minimum Gasteiger partial charge on any atom is -0.375 e. The van der Waals surface area contributed by atoms with Crippen LogP contribution in [0.1, 0.15) is 17.2 Å². The number of hydrogen-bond acceptors (Lipinski definition) is 4. The van der Waals surface area contributed by atoms with Crippen LogP contribution in [0.4, 0.5) is 23.8 Å². The van der Waals surface area contributed by atoms with Crippen molar-refractivity contribution in [3.63, 3.8) is 0 Å². The molecule has 30 heavy (non-hydrogen) atoms. The van der Waals surface area contributed by atoms with Gasteiger partial charge < -0.3 is 19.9 Å². The number of amides is 2. The summed E-state index contributed by atoms with van der Waals surface area (Å²) in [7, 11) is 1.59. The Kier molecular flexibility index (Phi) is 7.04. The topological polar surface area (TPSA) is 57.7 Å². The smallest absolute Gasteiger partial charge is 0.375 e. The Morgan fingerprint density at radius 2 is 1.90 bits per heavy atom. The molecule has 1 aliphatic heterocycles. The van der Waals surface area contributed by atoms with Crippen molar-refractivity contribution in [2.24, 2.45) is 0 Å². The molecule has 1 unspecified atom stereocenters. The Balaban J connectivity index is 1.53. The Bertz CT molecular complexity index is 859. The standard InChI is InChI=1S/C20H22ClF3N4O2/c1-30-17(14-5-3-2-4-6-14)13-26-19(29)28-9-7-27(8-10-28)18-16(21)11-15(12-25-18)20(22,23)24/h2-6,11-12,17H,7-10,13H2,1H3,(H,26,29). The normalized spacial score (nSPS) is 15.8. The molecule has 0 radical (unpaired) electrons. The van der Waals surface area contributed by atoms with Crippen LogP contribution in [0.2, 0.25) is 5.02 Å². The lowest BCUT2D eigenvalue weighted by Crippen LogP contribution is -2.52. The summed E-state index contributed by atoms with van der Waals surface area (Å²) in [4.78, 5) is 19.8. The first-order valence-electron chi connectivity index (χ1n) is 9.38. The summed E-state index contributed by atoms with van der Waals surface area (Å²) < 4.78 is 43.8. The van der Waals surface area contributed by atoms with Gasteiger partial charge in [-0.15, -0.1) is 0 Å². The molecule has 2 heterocycles. The molecule has 0 bridgehead atoms. The molecule has 10 heteroatoms. The number of carbonyl (C=O) groups is 1. The fourth-order valence-corrected chi connectivity index (χ4v) is 3.52. The molecule has 1 saturated heterocycles. The van der Waals surface area contributed by atoms with Crippen LogP contribution >= 0.6 is 11.6 Å². The van der Waals surface area contributed by atoms with E-state index in [4.69, 9.17) is 16.3 Å². The predicted molar refractivity (Wildman–Crippen MR) is 108 cm³/mol. The lowest BCUT2D eigenvalue weighted by Gasteiger charge is -2.36. The van der Waals surface area contributed by atoms with Crippen LogP contribution in [0.25, 0.3) is 0 Å². The molecule has 1 atom stereocenters. The maximum atomic E-state index is 12.8. The number of benzene rings is 1. The van der Waals surface area contributed by atoms with Crippen LogP contribution in [0.15, 0.2) is 42.6 Å². The summed E-state index contributed by atoms with van der Waals surface area (Å²) >= 11 is 6.02. The highest BCUT2D eigenvalue weighted by Crippen LogP contribution is 2.33.